The minimum atomic E-state index is -0.113. The second-order valence-corrected chi connectivity index (χ2v) is 5.50. The lowest BCUT2D eigenvalue weighted by molar-refractivity contribution is 0.0953. The Bertz CT molecular complexity index is 429. The normalized spacial score (nSPS) is 16.6. The fourth-order valence-corrected chi connectivity index (χ4v) is 2.16. The van der Waals surface area contributed by atoms with Gasteiger partial charge in [-0.3, -0.25) is 4.79 Å². The molecule has 0 heterocycles. The third-order valence-electron chi connectivity index (χ3n) is 3.03. The lowest BCUT2D eigenvalue weighted by Crippen LogP contribution is -2.30. The molecule has 1 aromatic carbocycles. The summed E-state index contributed by atoms with van der Waals surface area (Å²) in [5.74, 6) is 0.469. The highest BCUT2D eigenvalue weighted by Gasteiger charge is 2.29. The van der Waals surface area contributed by atoms with Crippen LogP contribution in [0, 0.1) is 12.8 Å². The van der Waals surface area contributed by atoms with Gasteiger partial charge in [0.25, 0.3) is 5.91 Å². The zero-order valence-electron chi connectivity index (χ0n) is 9.67. The van der Waals surface area contributed by atoms with Crippen LogP contribution < -0.4 is 5.32 Å². The van der Waals surface area contributed by atoms with Gasteiger partial charge in [-0.05, 0) is 43.4 Å². The fourth-order valence-electron chi connectivity index (χ4n) is 1.65. The summed E-state index contributed by atoms with van der Waals surface area (Å²) in [7, 11) is 0. The SMILES string of the molecule is Cc1ccc(C(=O)NCC(Cl)C2CC2)cc1Cl. The van der Waals surface area contributed by atoms with E-state index in [-0.39, 0.29) is 11.3 Å². The number of aryl methyl sites for hydroxylation is 1. The van der Waals surface area contributed by atoms with Crippen LogP contribution in [0.4, 0.5) is 0 Å². The van der Waals surface area contributed by atoms with Crippen molar-refractivity contribution in [3.8, 4) is 0 Å². The molecule has 1 unspecified atom stereocenters. The summed E-state index contributed by atoms with van der Waals surface area (Å²) in [5, 5.41) is 3.51. The second kappa shape index (κ2) is 5.28. The van der Waals surface area contributed by atoms with Gasteiger partial charge in [0, 0.05) is 17.1 Å². The molecule has 1 amide bonds. The largest absolute Gasteiger partial charge is 0.351 e. The van der Waals surface area contributed by atoms with Gasteiger partial charge in [-0.1, -0.05) is 17.7 Å². The number of carbonyl (C=O) groups excluding carboxylic acids is 1. The lowest BCUT2D eigenvalue weighted by Gasteiger charge is -2.10. The van der Waals surface area contributed by atoms with E-state index in [2.05, 4.69) is 5.32 Å². The standard InChI is InChI=1S/C13H15Cl2NO/c1-8-2-3-10(6-11(8)14)13(17)16-7-12(15)9-4-5-9/h2-3,6,9,12H,4-5,7H2,1H3,(H,16,17). The molecule has 4 heteroatoms. The summed E-state index contributed by atoms with van der Waals surface area (Å²) in [5.41, 5.74) is 1.55. The maximum atomic E-state index is 11.8. The van der Waals surface area contributed by atoms with Gasteiger partial charge in [0.05, 0.1) is 5.38 Å². The first-order valence-corrected chi connectivity index (χ1v) is 6.58. The molecule has 1 aliphatic carbocycles. The van der Waals surface area contributed by atoms with Crippen LogP contribution in [0.25, 0.3) is 0 Å². The van der Waals surface area contributed by atoms with Gasteiger partial charge in [0.1, 0.15) is 0 Å². The number of nitrogens with one attached hydrogen (secondary N) is 1. The molecule has 1 fully saturated rings. The first-order valence-electron chi connectivity index (χ1n) is 5.76. The van der Waals surface area contributed by atoms with Crippen molar-refractivity contribution in [2.24, 2.45) is 5.92 Å². The van der Waals surface area contributed by atoms with Gasteiger partial charge in [-0.2, -0.15) is 0 Å². The molecule has 1 saturated carbocycles. The van der Waals surface area contributed by atoms with Crippen molar-refractivity contribution in [2.45, 2.75) is 25.1 Å². The Balaban J connectivity index is 1.92. The highest BCUT2D eigenvalue weighted by Crippen LogP contribution is 2.35. The van der Waals surface area contributed by atoms with Crippen LogP contribution in [0.5, 0.6) is 0 Å². The Kier molecular flexibility index (Phi) is 3.95. The van der Waals surface area contributed by atoms with Crippen molar-refractivity contribution in [3.63, 3.8) is 0 Å². The summed E-state index contributed by atoms with van der Waals surface area (Å²) in [6, 6.07) is 5.31. The molecule has 1 N–H and O–H groups in total. The van der Waals surface area contributed by atoms with E-state index in [1.165, 1.54) is 12.8 Å². The summed E-state index contributed by atoms with van der Waals surface area (Å²) < 4.78 is 0. The first kappa shape index (κ1) is 12.7. The van der Waals surface area contributed by atoms with E-state index < -0.39 is 0 Å². The first-order chi connectivity index (χ1) is 8.08. The molecule has 92 valence electrons. The molecule has 1 aromatic rings. The summed E-state index contributed by atoms with van der Waals surface area (Å²) in [6.45, 7) is 2.43. The molecular formula is C13H15Cl2NO. The third-order valence-corrected chi connectivity index (χ3v) is 3.94. The predicted octanol–water partition coefficient (Wildman–Crippen LogP) is 3.40. The zero-order valence-corrected chi connectivity index (χ0v) is 11.2. The summed E-state index contributed by atoms with van der Waals surface area (Å²) in [4.78, 5) is 11.8. The molecule has 0 saturated heterocycles. The monoisotopic (exact) mass is 271 g/mol. The molecule has 0 radical (unpaired) electrons. The van der Waals surface area contributed by atoms with Crippen LogP contribution in [0.2, 0.25) is 5.02 Å². The van der Waals surface area contributed by atoms with Gasteiger partial charge in [-0.15, -0.1) is 11.6 Å². The quantitative estimate of drug-likeness (QED) is 0.836. The third kappa shape index (κ3) is 3.36. The van der Waals surface area contributed by atoms with Gasteiger partial charge >= 0.3 is 0 Å². The van der Waals surface area contributed by atoms with Gasteiger partial charge < -0.3 is 5.32 Å². The number of rotatable bonds is 4. The van der Waals surface area contributed by atoms with Crippen LogP contribution in [0.15, 0.2) is 18.2 Å². The maximum absolute atomic E-state index is 11.8. The van der Waals surface area contributed by atoms with Gasteiger partial charge in [0.2, 0.25) is 0 Å². The van der Waals surface area contributed by atoms with Gasteiger partial charge in [-0.25, -0.2) is 0 Å². The summed E-state index contributed by atoms with van der Waals surface area (Å²) in [6.07, 6.45) is 2.36. The van der Waals surface area contributed by atoms with E-state index >= 15 is 0 Å². The van der Waals surface area contributed by atoms with Gasteiger partial charge in [0.15, 0.2) is 0 Å². The minimum absolute atomic E-state index is 0.0554. The Morgan fingerprint density at radius 2 is 2.24 bits per heavy atom. The van der Waals surface area contributed by atoms with Crippen molar-refractivity contribution in [1.82, 2.24) is 5.32 Å². The van der Waals surface area contributed by atoms with Crippen LogP contribution in [0.1, 0.15) is 28.8 Å². The Labute approximate surface area is 111 Å². The second-order valence-electron chi connectivity index (χ2n) is 4.53. The van der Waals surface area contributed by atoms with E-state index in [1.54, 1.807) is 12.1 Å². The molecular weight excluding hydrogens is 257 g/mol. The average Bonchev–Trinajstić information content (AvgIpc) is 3.13. The van der Waals surface area contributed by atoms with E-state index in [1.807, 2.05) is 13.0 Å². The maximum Gasteiger partial charge on any atom is 0.251 e. The highest BCUT2D eigenvalue weighted by atomic mass is 35.5. The van der Waals surface area contributed by atoms with Crippen molar-refractivity contribution in [1.29, 1.82) is 0 Å². The summed E-state index contributed by atoms with van der Waals surface area (Å²) >= 11 is 12.1. The highest BCUT2D eigenvalue weighted by molar-refractivity contribution is 6.31. The van der Waals surface area contributed by atoms with E-state index in [0.29, 0.717) is 23.0 Å². The lowest BCUT2D eigenvalue weighted by atomic mass is 10.1. The molecule has 17 heavy (non-hydrogen) atoms. The molecule has 0 bridgehead atoms. The fraction of sp³-hybridized carbons (Fsp3) is 0.462. The van der Waals surface area contributed by atoms with E-state index in [9.17, 15) is 4.79 Å². The zero-order chi connectivity index (χ0) is 12.4. The number of benzene rings is 1. The molecule has 2 nitrogen and oxygen atoms in total. The van der Waals surface area contributed by atoms with Crippen molar-refractivity contribution >= 4 is 29.1 Å². The van der Waals surface area contributed by atoms with Crippen LogP contribution in [-0.4, -0.2) is 17.8 Å². The average molecular weight is 272 g/mol. The van der Waals surface area contributed by atoms with Crippen LogP contribution >= 0.6 is 23.2 Å². The number of halogens is 2. The van der Waals surface area contributed by atoms with Crippen LogP contribution in [-0.2, 0) is 0 Å². The number of alkyl halides is 1. The molecule has 2 rings (SSSR count). The number of hydrogen-bond acceptors (Lipinski definition) is 1. The van der Waals surface area contributed by atoms with E-state index in [0.717, 1.165) is 5.56 Å². The van der Waals surface area contributed by atoms with E-state index in [4.69, 9.17) is 23.2 Å². The molecule has 1 aliphatic rings. The molecule has 0 spiro atoms. The number of hydrogen-bond donors (Lipinski definition) is 1. The van der Waals surface area contributed by atoms with Crippen molar-refractivity contribution in [2.75, 3.05) is 6.54 Å². The Hall–Kier alpha value is -0.730. The van der Waals surface area contributed by atoms with Crippen molar-refractivity contribution < 1.29 is 4.79 Å². The topological polar surface area (TPSA) is 29.1 Å². The smallest absolute Gasteiger partial charge is 0.251 e. The Morgan fingerprint density at radius 1 is 1.53 bits per heavy atom. The van der Waals surface area contributed by atoms with Crippen molar-refractivity contribution in [3.05, 3.63) is 34.3 Å². The minimum Gasteiger partial charge on any atom is -0.351 e. The molecule has 1 atom stereocenters. The number of amides is 1. The molecule has 0 aliphatic heterocycles. The predicted molar refractivity (Wildman–Crippen MR) is 70.9 cm³/mol. The number of carbonyl (C=O) groups is 1. The molecule has 0 aromatic heterocycles. The van der Waals surface area contributed by atoms with Crippen LogP contribution in [0.3, 0.4) is 0 Å². The Morgan fingerprint density at radius 3 is 2.82 bits per heavy atom.